The first-order chi connectivity index (χ1) is 20.6. The van der Waals surface area contributed by atoms with Crippen LogP contribution in [0.1, 0.15) is 32.3 Å². The van der Waals surface area contributed by atoms with Crippen molar-refractivity contribution in [3.05, 3.63) is 54.1 Å². The molecule has 2 aliphatic heterocycles. The Bertz CT molecular complexity index is 1300. The predicted octanol–water partition coefficient (Wildman–Crippen LogP) is 2.17. The Balaban J connectivity index is 1.52. The number of amides is 1. The highest BCUT2D eigenvalue weighted by molar-refractivity contribution is 7.89. The van der Waals surface area contributed by atoms with Crippen LogP contribution in [0.15, 0.2) is 53.4 Å². The minimum atomic E-state index is -4.07. The fourth-order valence-corrected chi connectivity index (χ4v) is 6.98. The Hall–Kier alpha value is -2.94. The maximum atomic E-state index is 13.9. The van der Waals surface area contributed by atoms with Gasteiger partial charge in [-0.05, 0) is 48.9 Å². The average molecular weight is 621 g/mol. The number of aliphatic hydroxyl groups excluding tert-OH is 2. The average Bonchev–Trinajstić information content (AvgIpc) is 3.59. The van der Waals surface area contributed by atoms with Crippen molar-refractivity contribution in [2.75, 3.05) is 50.5 Å². The van der Waals surface area contributed by atoms with E-state index in [-0.39, 0.29) is 55.7 Å². The van der Waals surface area contributed by atoms with E-state index >= 15 is 0 Å². The number of hydrogen-bond acceptors (Lipinski definition) is 10. The highest BCUT2D eigenvalue weighted by Gasteiger charge is 2.44. The molecule has 12 nitrogen and oxygen atoms in total. The monoisotopic (exact) mass is 620 g/mol. The summed E-state index contributed by atoms with van der Waals surface area (Å²) >= 11 is 0. The van der Waals surface area contributed by atoms with Crippen molar-refractivity contribution < 1.29 is 37.6 Å². The van der Waals surface area contributed by atoms with Crippen LogP contribution in [0.2, 0.25) is 0 Å². The Morgan fingerprint density at radius 1 is 1.16 bits per heavy atom. The first-order valence-corrected chi connectivity index (χ1v) is 16.2. The van der Waals surface area contributed by atoms with Crippen molar-refractivity contribution in [1.82, 2.24) is 9.62 Å². The maximum Gasteiger partial charge on any atom is 0.407 e. The van der Waals surface area contributed by atoms with Gasteiger partial charge in [0.2, 0.25) is 10.0 Å². The fourth-order valence-electron chi connectivity index (χ4n) is 5.34. The van der Waals surface area contributed by atoms with Crippen molar-refractivity contribution >= 4 is 27.5 Å². The summed E-state index contributed by atoms with van der Waals surface area (Å²) in [6, 6.07) is 12.9. The third kappa shape index (κ3) is 8.80. The van der Waals surface area contributed by atoms with Crippen LogP contribution in [0.3, 0.4) is 0 Å². The zero-order chi connectivity index (χ0) is 31.0. The van der Waals surface area contributed by atoms with Crippen molar-refractivity contribution in [1.29, 1.82) is 0 Å². The molecule has 2 aromatic rings. The van der Waals surface area contributed by atoms with Gasteiger partial charge in [0.1, 0.15) is 6.10 Å². The molecule has 0 saturated carbocycles. The highest BCUT2D eigenvalue weighted by atomic mass is 32.2. The molecule has 2 aromatic carbocycles. The van der Waals surface area contributed by atoms with Crippen molar-refractivity contribution in [2.24, 2.45) is 11.8 Å². The van der Waals surface area contributed by atoms with Gasteiger partial charge in [0.05, 0.1) is 47.5 Å². The second-order valence-electron chi connectivity index (χ2n) is 11.4. The molecule has 0 unspecified atom stereocenters. The SMILES string of the molecule is CC(C)CN(C[C@@H](O)[C@H](Cc1ccccc1)NC(=O)O[C@H]1CO[C@H]2OCC[C@H]21)S(=O)(=O)c1ccc(N)c(NCCCO)c1. The lowest BCUT2D eigenvalue weighted by Gasteiger charge is -2.31. The fraction of sp³-hybridized carbons (Fsp3) is 0.567. The van der Waals surface area contributed by atoms with Crippen molar-refractivity contribution in [2.45, 2.75) is 62.5 Å². The highest BCUT2D eigenvalue weighted by Crippen LogP contribution is 2.33. The summed E-state index contributed by atoms with van der Waals surface area (Å²) in [5, 5.41) is 26.4. The predicted molar refractivity (Wildman–Crippen MR) is 162 cm³/mol. The summed E-state index contributed by atoms with van der Waals surface area (Å²) in [5.41, 5.74) is 7.73. The lowest BCUT2D eigenvalue weighted by Crippen LogP contribution is -2.51. The second-order valence-corrected chi connectivity index (χ2v) is 13.4. The van der Waals surface area contributed by atoms with Crippen LogP contribution in [-0.2, 0) is 30.7 Å². The smallest absolute Gasteiger partial charge is 0.407 e. The van der Waals surface area contributed by atoms with Crippen LogP contribution in [0, 0.1) is 11.8 Å². The Morgan fingerprint density at radius 2 is 1.93 bits per heavy atom. The van der Waals surface area contributed by atoms with E-state index in [1.165, 1.54) is 22.5 Å². The van der Waals surface area contributed by atoms with E-state index in [9.17, 15) is 18.3 Å². The van der Waals surface area contributed by atoms with Gasteiger partial charge in [0, 0.05) is 26.2 Å². The lowest BCUT2D eigenvalue weighted by molar-refractivity contribution is -0.0907. The van der Waals surface area contributed by atoms with Gasteiger partial charge < -0.3 is 40.8 Å². The van der Waals surface area contributed by atoms with Gasteiger partial charge in [0.15, 0.2) is 6.29 Å². The number of carbonyl (C=O) groups excluding carboxylic acids is 1. The quantitative estimate of drug-likeness (QED) is 0.147. The van der Waals surface area contributed by atoms with Crippen molar-refractivity contribution in [3.63, 3.8) is 0 Å². The summed E-state index contributed by atoms with van der Waals surface area (Å²) in [4.78, 5) is 13.1. The van der Waals surface area contributed by atoms with E-state index in [1.54, 1.807) is 0 Å². The largest absolute Gasteiger partial charge is 0.443 e. The van der Waals surface area contributed by atoms with E-state index in [4.69, 9.17) is 25.1 Å². The van der Waals surface area contributed by atoms with Gasteiger partial charge in [-0.15, -0.1) is 0 Å². The van der Waals surface area contributed by atoms with E-state index in [2.05, 4.69) is 10.6 Å². The number of carbonyl (C=O) groups is 1. The van der Waals surface area contributed by atoms with Crippen LogP contribution in [0.5, 0.6) is 0 Å². The Morgan fingerprint density at radius 3 is 2.65 bits per heavy atom. The number of ether oxygens (including phenoxy) is 3. The van der Waals surface area contributed by atoms with Gasteiger partial charge in [-0.25, -0.2) is 13.2 Å². The number of hydrogen-bond donors (Lipinski definition) is 5. The zero-order valence-electron chi connectivity index (χ0n) is 24.7. The van der Waals surface area contributed by atoms with Crippen LogP contribution >= 0.6 is 0 Å². The second kappa shape index (κ2) is 15.2. The molecule has 13 heteroatoms. The van der Waals surface area contributed by atoms with Crippen molar-refractivity contribution in [3.8, 4) is 0 Å². The Labute approximate surface area is 253 Å². The van der Waals surface area contributed by atoms with E-state index < -0.39 is 34.4 Å². The summed E-state index contributed by atoms with van der Waals surface area (Å²) in [7, 11) is -4.07. The number of nitrogen functional groups attached to an aromatic ring is 1. The number of aliphatic hydroxyl groups is 2. The molecule has 238 valence electrons. The van der Waals surface area contributed by atoms with Gasteiger partial charge in [-0.1, -0.05) is 44.2 Å². The number of nitrogens with zero attached hydrogens (tertiary/aromatic N) is 1. The van der Waals surface area contributed by atoms with Gasteiger partial charge in [0.25, 0.3) is 0 Å². The summed E-state index contributed by atoms with van der Waals surface area (Å²) < 4.78 is 45.8. The standard InChI is InChI=1S/C30H44N4O8S/c1-20(2)17-34(43(38,39)22-9-10-24(31)25(16-22)32-12-6-13-35)18-27(36)26(15-21-7-4-3-5-8-21)33-30(37)42-28-19-41-29-23(28)11-14-40-29/h3-5,7-10,16,20,23,26-29,32,35-36H,6,11-15,17-19,31H2,1-2H3,(H,33,37)/t23-,26-,27+,28-,29+/m0/s1. The number of sulfonamides is 1. The van der Waals surface area contributed by atoms with Crippen LogP contribution in [0.4, 0.5) is 16.2 Å². The van der Waals surface area contributed by atoms with Crippen LogP contribution < -0.4 is 16.4 Å². The van der Waals surface area contributed by atoms with Crippen LogP contribution in [-0.4, -0.2) is 93.0 Å². The molecular formula is C30H44N4O8S. The number of fused-ring (bicyclic) bond motifs is 1. The molecule has 2 saturated heterocycles. The first kappa shape index (κ1) is 33.0. The number of rotatable bonds is 15. The van der Waals surface area contributed by atoms with E-state index in [0.717, 1.165) is 12.0 Å². The molecule has 2 fully saturated rings. The third-order valence-corrected chi connectivity index (χ3v) is 9.41. The molecular weight excluding hydrogens is 576 g/mol. The van der Waals surface area contributed by atoms with E-state index in [1.807, 2.05) is 44.2 Å². The molecule has 4 rings (SSSR count). The topological polar surface area (TPSA) is 173 Å². The molecule has 0 bridgehead atoms. The number of anilines is 2. The molecule has 0 aliphatic carbocycles. The summed E-state index contributed by atoms with van der Waals surface area (Å²) in [6.07, 6.45) is -1.36. The van der Waals surface area contributed by atoms with Gasteiger partial charge in [-0.3, -0.25) is 0 Å². The normalized spacial score (nSPS) is 21.5. The zero-order valence-corrected chi connectivity index (χ0v) is 25.5. The molecule has 0 aromatic heterocycles. The summed E-state index contributed by atoms with van der Waals surface area (Å²) in [5.74, 6) is -0.0924. The number of benzene rings is 2. The minimum Gasteiger partial charge on any atom is -0.443 e. The molecule has 1 amide bonds. The third-order valence-electron chi connectivity index (χ3n) is 7.58. The molecule has 5 atom stereocenters. The number of nitrogens with two attached hydrogens (primary N) is 1. The van der Waals surface area contributed by atoms with Gasteiger partial charge >= 0.3 is 6.09 Å². The molecule has 2 heterocycles. The molecule has 2 aliphatic rings. The molecule has 0 radical (unpaired) electrons. The molecule has 6 N–H and O–H groups in total. The molecule has 43 heavy (non-hydrogen) atoms. The number of nitrogens with one attached hydrogen (secondary N) is 2. The lowest BCUT2D eigenvalue weighted by atomic mass is 10.0. The Kier molecular flexibility index (Phi) is 11.6. The maximum absolute atomic E-state index is 13.9. The minimum absolute atomic E-state index is 0.0133. The number of alkyl carbamates (subject to hydrolysis) is 1. The van der Waals surface area contributed by atoms with Gasteiger partial charge in [-0.2, -0.15) is 4.31 Å². The first-order valence-electron chi connectivity index (χ1n) is 14.7. The molecule has 0 spiro atoms. The summed E-state index contributed by atoms with van der Waals surface area (Å²) in [6.45, 7) is 4.84. The van der Waals surface area contributed by atoms with E-state index in [0.29, 0.717) is 30.9 Å². The van der Waals surface area contributed by atoms with Crippen LogP contribution in [0.25, 0.3) is 0 Å².